The van der Waals surface area contributed by atoms with Gasteiger partial charge in [-0.2, -0.15) is 0 Å². The van der Waals surface area contributed by atoms with Crippen molar-refractivity contribution in [2.75, 3.05) is 19.4 Å². The third-order valence-electron chi connectivity index (χ3n) is 3.49. The van der Waals surface area contributed by atoms with Crippen LogP contribution in [0.1, 0.15) is 32.3 Å². The Morgan fingerprint density at radius 1 is 1.21 bits per heavy atom. The number of nitrogens with zero attached hydrogens (tertiary/aromatic N) is 1. The highest BCUT2D eigenvalue weighted by Crippen LogP contribution is 2.23. The molecule has 0 spiro atoms. The van der Waals surface area contributed by atoms with E-state index in [2.05, 4.69) is 62.4 Å². The zero-order valence-electron chi connectivity index (χ0n) is 12.5. The van der Waals surface area contributed by atoms with Gasteiger partial charge in [0.15, 0.2) is 0 Å². The van der Waals surface area contributed by atoms with E-state index in [-0.39, 0.29) is 0 Å². The lowest BCUT2D eigenvalue weighted by atomic mass is 9.99. The van der Waals surface area contributed by atoms with Crippen LogP contribution in [0.15, 0.2) is 24.3 Å². The van der Waals surface area contributed by atoms with Crippen LogP contribution in [0.5, 0.6) is 0 Å². The Balaban J connectivity index is 1.98. The van der Waals surface area contributed by atoms with Crippen molar-refractivity contribution in [3.05, 3.63) is 29.8 Å². The van der Waals surface area contributed by atoms with Gasteiger partial charge in [-0.15, -0.1) is 0 Å². The summed E-state index contributed by atoms with van der Waals surface area (Å²) in [5.74, 6) is 0. The molecule has 1 aromatic rings. The van der Waals surface area contributed by atoms with Crippen molar-refractivity contribution in [1.82, 2.24) is 4.90 Å². The van der Waals surface area contributed by atoms with Gasteiger partial charge in [0.25, 0.3) is 0 Å². The van der Waals surface area contributed by atoms with E-state index in [0.717, 1.165) is 19.4 Å². The van der Waals surface area contributed by atoms with Gasteiger partial charge < -0.3 is 15.0 Å². The van der Waals surface area contributed by atoms with Crippen LogP contribution in [-0.4, -0.2) is 37.2 Å². The first-order chi connectivity index (χ1) is 9.02. The Labute approximate surface area is 116 Å². The van der Waals surface area contributed by atoms with E-state index in [1.165, 1.54) is 11.3 Å². The van der Waals surface area contributed by atoms with Crippen LogP contribution < -0.4 is 5.32 Å². The molecule has 3 heteroatoms. The fourth-order valence-corrected chi connectivity index (χ4v) is 2.88. The number of hydrogen-bond donors (Lipinski definition) is 1. The molecule has 0 aliphatic carbocycles. The molecular weight excluding hydrogens is 236 g/mol. The van der Waals surface area contributed by atoms with Crippen molar-refractivity contribution >= 4 is 5.69 Å². The third kappa shape index (κ3) is 4.51. The van der Waals surface area contributed by atoms with E-state index in [0.29, 0.717) is 18.2 Å². The molecule has 106 valence electrons. The van der Waals surface area contributed by atoms with Gasteiger partial charge in [0.2, 0.25) is 0 Å². The summed E-state index contributed by atoms with van der Waals surface area (Å²) in [6.07, 6.45) is 2.88. The van der Waals surface area contributed by atoms with Gasteiger partial charge in [-0.3, -0.25) is 0 Å². The van der Waals surface area contributed by atoms with Crippen molar-refractivity contribution in [3.8, 4) is 0 Å². The average Bonchev–Trinajstić information content (AvgIpc) is 2.26. The summed E-state index contributed by atoms with van der Waals surface area (Å²) in [7, 11) is 4.20. The first kappa shape index (κ1) is 14.4. The van der Waals surface area contributed by atoms with Crippen molar-refractivity contribution in [2.24, 2.45) is 0 Å². The molecular formula is C16H26N2O. The van der Waals surface area contributed by atoms with Gasteiger partial charge in [0.1, 0.15) is 0 Å². The predicted molar refractivity (Wildman–Crippen MR) is 80.5 cm³/mol. The zero-order valence-corrected chi connectivity index (χ0v) is 12.5. The summed E-state index contributed by atoms with van der Waals surface area (Å²) in [6.45, 7) is 5.30. The van der Waals surface area contributed by atoms with Gasteiger partial charge in [0.05, 0.1) is 12.2 Å². The van der Waals surface area contributed by atoms with Crippen LogP contribution >= 0.6 is 0 Å². The summed E-state index contributed by atoms with van der Waals surface area (Å²) >= 11 is 0. The highest BCUT2D eigenvalue weighted by Gasteiger charge is 2.24. The smallest absolute Gasteiger partial charge is 0.0570 e. The lowest BCUT2D eigenvalue weighted by molar-refractivity contribution is -0.0337. The van der Waals surface area contributed by atoms with Crippen molar-refractivity contribution in [3.63, 3.8) is 0 Å². The first-order valence-corrected chi connectivity index (χ1v) is 7.18. The summed E-state index contributed by atoms with van der Waals surface area (Å²) < 4.78 is 5.78. The van der Waals surface area contributed by atoms with Crippen LogP contribution in [0, 0.1) is 0 Å². The number of hydrogen-bond acceptors (Lipinski definition) is 3. The van der Waals surface area contributed by atoms with E-state index < -0.39 is 0 Å². The van der Waals surface area contributed by atoms with Gasteiger partial charge >= 0.3 is 0 Å². The molecule has 0 radical (unpaired) electrons. The topological polar surface area (TPSA) is 24.5 Å². The monoisotopic (exact) mass is 262 g/mol. The molecule has 2 atom stereocenters. The molecule has 1 N–H and O–H groups in total. The molecule has 3 nitrogen and oxygen atoms in total. The van der Waals surface area contributed by atoms with Gasteiger partial charge in [0, 0.05) is 18.3 Å². The van der Waals surface area contributed by atoms with Crippen LogP contribution in [0.2, 0.25) is 0 Å². The Morgan fingerprint density at radius 3 is 2.53 bits per heavy atom. The van der Waals surface area contributed by atoms with E-state index >= 15 is 0 Å². The zero-order chi connectivity index (χ0) is 13.8. The fourth-order valence-electron chi connectivity index (χ4n) is 2.88. The third-order valence-corrected chi connectivity index (χ3v) is 3.49. The summed E-state index contributed by atoms with van der Waals surface area (Å²) in [4.78, 5) is 2.19. The molecule has 1 heterocycles. The molecule has 2 rings (SSSR count). The second-order valence-corrected chi connectivity index (χ2v) is 6.01. The van der Waals surface area contributed by atoms with Crippen LogP contribution in [0.3, 0.4) is 0 Å². The molecule has 2 unspecified atom stereocenters. The molecule has 1 aliphatic rings. The van der Waals surface area contributed by atoms with Crippen molar-refractivity contribution in [2.45, 2.75) is 51.5 Å². The van der Waals surface area contributed by atoms with Gasteiger partial charge in [-0.05, 0) is 58.5 Å². The Hall–Kier alpha value is -1.06. The van der Waals surface area contributed by atoms with Gasteiger partial charge in [-0.1, -0.05) is 12.1 Å². The second-order valence-electron chi connectivity index (χ2n) is 6.01. The van der Waals surface area contributed by atoms with E-state index in [4.69, 9.17) is 4.74 Å². The molecule has 19 heavy (non-hydrogen) atoms. The van der Waals surface area contributed by atoms with Crippen LogP contribution in [-0.2, 0) is 11.3 Å². The summed E-state index contributed by atoms with van der Waals surface area (Å²) in [5.41, 5.74) is 2.58. The first-order valence-electron chi connectivity index (χ1n) is 7.18. The maximum Gasteiger partial charge on any atom is 0.0570 e. The number of benzene rings is 1. The molecule has 0 aromatic heterocycles. The molecule has 0 saturated carbocycles. The minimum absolute atomic E-state index is 0.353. The second kappa shape index (κ2) is 6.40. The van der Waals surface area contributed by atoms with Gasteiger partial charge in [-0.25, -0.2) is 0 Å². The standard InChI is InChI=1S/C16H26N2O/c1-12-8-16(9-13(2)19-12)17-15-7-5-6-14(10-15)11-18(3)4/h5-7,10,12-13,16-17H,8-9,11H2,1-4H3. The highest BCUT2D eigenvalue weighted by molar-refractivity contribution is 5.46. The largest absolute Gasteiger partial charge is 0.382 e. The molecule has 0 amide bonds. The predicted octanol–water partition coefficient (Wildman–Crippen LogP) is 3.12. The number of anilines is 1. The van der Waals surface area contributed by atoms with Crippen molar-refractivity contribution in [1.29, 1.82) is 0 Å². The van der Waals surface area contributed by atoms with E-state index in [9.17, 15) is 0 Å². The molecule has 0 bridgehead atoms. The summed E-state index contributed by atoms with van der Waals surface area (Å²) in [6, 6.07) is 9.25. The Bertz CT molecular complexity index is 395. The fraction of sp³-hybridized carbons (Fsp3) is 0.625. The normalized spacial score (nSPS) is 27.5. The number of nitrogens with one attached hydrogen (secondary N) is 1. The van der Waals surface area contributed by atoms with Crippen LogP contribution in [0.25, 0.3) is 0 Å². The molecule has 1 aromatic carbocycles. The molecule has 1 saturated heterocycles. The lowest BCUT2D eigenvalue weighted by Crippen LogP contribution is -2.36. The lowest BCUT2D eigenvalue weighted by Gasteiger charge is -2.33. The maximum atomic E-state index is 5.78. The minimum atomic E-state index is 0.353. The average molecular weight is 262 g/mol. The van der Waals surface area contributed by atoms with Crippen LogP contribution in [0.4, 0.5) is 5.69 Å². The SMILES string of the molecule is CC1CC(Nc2cccc(CN(C)C)c2)CC(C)O1. The van der Waals surface area contributed by atoms with E-state index in [1.807, 2.05) is 0 Å². The number of ether oxygens (including phenoxy) is 1. The highest BCUT2D eigenvalue weighted by atomic mass is 16.5. The number of rotatable bonds is 4. The molecule has 1 aliphatic heterocycles. The minimum Gasteiger partial charge on any atom is -0.382 e. The maximum absolute atomic E-state index is 5.78. The quantitative estimate of drug-likeness (QED) is 0.902. The molecule has 1 fully saturated rings. The Morgan fingerprint density at radius 2 is 1.89 bits per heavy atom. The van der Waals surface area contributed by atoms with Crippen molar-refractivity contribution < 1.29 is 4.74 Å². The Kier molecular flexibility index (Phi) is 4.83. The van der Waals surface area contributed by atoms with E-state index in [1.54, 1.807) is 0 Å². The summed E-state index contributed by atoms with van der Waals surface area (Å²) in [5, 5.41) is 3.66.